The SMILES string of the molecule is Cc1c(N2C(O)=C3C[C@H](O)CN3S2(=O)=O)ccc(C#N)c1Cl. The Morgan fingerprint density at radius 1 is 1.45 bits per heavy atom. The molecule has 1 fully saturated rings. The molecule has 0 saturated carbocycles. The van der Waals surface area contributed by atoms with Gasteiger partial charge in [-0.25, -0.2) is 4.31 Å². The summed E-state index contributed by atoms with van der Waals surface area (Å²) in [5.74, 6) is -0.444. The molecular weight excluding hydrogens is 330 g/mol. The number of hydrogen-bond donors (Lipinski definition) is 2. The van der Waals surface area contributed by atoms with Crippen molar-refractivity contribution in [2.45, 2.75) is 19.4 Å². The Kier molecular flexibility index (Phi) is 3.25. The molecule has 9 heteroatoms. The summed E-state index contributed by atoms with van der Waals surface area (Å²) in [6.07, 6.45) is -0.773. The topological polar surface area (TPSA) is 105 Å². The Bertz CT molecular complexity index is 844. The van der Waals surface area contributed by atoms with Crippen LogP contribution in [0.15, 0.2) is 23.7 Å². The lowest BCUT2D eigenvalue weighted by Crippen LogP contribution is -2.36. The van der Waals surface area contributed by atoms with E-state index in [1.54, 1.807) is 6.92 Å². The van der Waals surface area contributed by atoms with Crippen LogP contribution in [-0.2, 0) is 10.2 Å². The fourth-order valence-corrected chi connectivity index (χ4v) is 4.64. The molecule has 116 valence electrons. The molecule has 1 aromatic carbocycles. The van der Waals surface area contributed by atoms with E-state index in [9.17, 15) is 18.6 Å². The number of aliphatic hydroxyl groups is 2. The lowest BCUT2D eigenvalue weighted by molar-refractivity contribution is 0.189. The van der Waals surface area contributed by atoms with Crippen LogP contribution in [0.25, 0.3) is 0 Å². The first-order chi connectivity index (χ1) is 10.3. The van der Waals surface area contributed by atoms with Crippen molar-refractivity contribution in [1.82, 2.24) is 4.31 Å². The van der Waals surface area contributed by atoms with Gasteiger partial charge >= 0.3 is 10.2 Å². The molecule has 1 saturated heterocycles. The van der Waals surface area contributed by atoms with Crippen LogP contribution in [0, 0.1) is 18.3 Å². The molecule has 2 N–H and O–H groups in total. The van der Waals surface area contributed by atoms with Gasteiger partial charge in [0.05, 0.1) is 34.6 Å². The van der Waals surface area contributed by atoms with Gasteiger partial charge in [0, 0.05) is 6.42 Å². The van der Waals surface area contributed by atoms with E-state index in [4.69, 9.17) is 16.9 Å². The third-order valence-corrected chi connectivity index (χ3v) is 6.01. The summed E-state index contributed by atoms with van der Waals surface area (Å²) in [5.41, 5.74) is 0.936. The predicted octanol–water partition coefficient (Wildman–Crippen LogP) is 1.38. The summed E-state index contributed by atoms with van der Waals surface area (Å²) in [6, 6.07) is 4.74. The molecule has 0 aliphatic carbocycles. The minimum Gasteiger partial charge on any atom is -0.492 e. The van der Waals surface area contributed by atoms with Gasteiger partial charge in [-0.3, -0.25) is 0 Å². The van der Waals surface area contributed by atoms with E-state index in [-0.39, 0.29) is 34.9 Å². The normalized spacial score (nSPS) is 22.9. The van der Waals surface area contributed by atoms with E-state index >= 15 is 0 Å². The number of aliphatic hydroxyl groups excluding tert-OH is 2. The Labute approximate surface area is 132 Å². The van der Waals surface area contributed by atoms with E-state index in [1.807, 2.05) is 6.07 Å². The summed E-state index contributed by atoms with van der Waals surface area (Å²) in [7, 11) is -4.02. The van der Waals surface area contributed by atoms with Crippen LogP contribution in [0.2, 0.25) is 5.02 Å². The number of halogens is 1. The van der Waals surface area contributed by atoms with Crippen molar-refractivity contribution >= 4 is 27.5 Å². The van der Waals surface area contributed by atoms with Crippen LogP contribution in [0.4, 0.5) is 5.69 Å². The molecular formula is C13H12ClN3O4S. The Morgan fingerprint density at radius 2 is 2.14 bits per heavy atom. The second-order valence-electron chi connectivity index (χ2n) is 5.11. The zero-order chi connectivity index (χ0) is 16.2. The molecule has 0 unspecified atom stereocenters. The van der Waals surface area contributed by atoms with Gasteiger partial charge < -0.3 is 10.2 Å². The van der Waals surface area contributed by atoms with Gasteiger partial charge in [0.1, 0.15) is 6.07 Å². The summed E-state index contributed by atoms with van der Waals surface area (Å²) >= 11 is 6.07. The van der Waals surface area contributed by atoms with Crippen molar-refractivity contribution in [3.63, 3.8) is 0 Å². The van der Waals surface area contributed by atoms with Gasteiger partial charge in [-0.2, -0.15) is 18.0 Å². The highest BCUT2D eigenvalue weighted by Gasteiger charge is 2.48. The third kappa shape index (κ3) is 1.86. The van der Waals surface area contributed by atoms with E-state index in [1.165, 1.54) is 12.1 Å². The Hall–Kier alpha value is -1.95. The van der Waals surface area contributed by atoms with Crippen LogP contribution in [0.5, 0.6) is 0 Å². The lowest BCUT2D eigenvalue weighted by Gasteiger charge is -2.23. The lowest BCUT2D eigenvalue weighted by atomic mass is 10.1. The smallest absolute Gasteiger partial charge is 0.333 e. The minimum absolute atomic E-state index is 0.0601. The van der Waals surface area contributed by atoms with Crippen molar-refractivity contribution in [3.05, 3.63) is 39.9 Å². The number of anilines is 1. The first kappa shape index (κ1) is 15.0. The average Bonchev–Trinajstić information content (AvgIpc) is 2.93. The number of nitriles is 1. The largest absolute Gasteiger partial charge is 0.492 e. The molecule has 0 radical (unpaired) electrons. The summed E-state index contributed by atoms with van der Waals surface area (Å²) in [4.78, 5) is 0. The number of fused-ring (bicyclic) bond motifs is 1. The van der Waals surface area contributed by atoms with Crippen molar-refractivity contribution in [2.24, 2.45) is 0 Å². The molecule has 7 nitrogen and oxygen atoms in total. The molecule has 2 aliphatic rings. The average molecular weight is 342 g/mol. The second-order valence-corrected chi connectivity index (χ2v) is 7.19. The van der Waals surface area contributed by atoms with Crippen molar-refractivity contribution in [1.29, 1.82) is 5.26 Å². The van der Waals surface area contributed by atoms with Gasteiger partial charge in [0.2, 0.25) is 5.88 Å². The zero-order valence-corrected chi connectivity index (χ0v) is 13.1. The van der Waals surface area contributed by atoms with Gasteiger partial charge in [0.15, 0.2) is 0 Å². The minimum atomic E-state index is -4.02. The molecule has 3 rings (SSSR count). The van der Waals surface area contributed by atoms with E-state index in [2.05, 4.69) is 0 Å². The molecule has 2 aliphatic heterocycles. The molecule has 2 heterocycles. The zero-order valence-electron chi connectivity index (χ0n) is 11.5. The highest BCUT2D eigenvalue weighted by atomic mass is 35.5. The van der Waals surface area contributed by atoms with Gasteiger partial charge in [-0.05, 0) is 24.6 Å². The molecule has 0 amide bonds. The van der Waals surface area contributed by atoms with Crippen LogP contribution >= 0.6 is 11.6 Å². The summed E-state index contributed by atoms with van der Waals surface area (Å²) < 4.78 is 26.9. The number of nitrogens with zero attached hydrogens (tertiary/aromatic N) is 3. The quantitative estimate of drug-likeness (QED) is 0.802. The maximum Gasteiger partial charge on any atom is 0.333 e. The Morgan fingerprint density at radius 3 is 2.73 bits per heavy atom. The van der Waals surface area contributed by atoms with Crippen LogP contribution in [0.1, 0.15) is 17.5 Å². The van der Waals surface area contributed by atoms with Gasteiger partial charge in [-0.15, -0.1) is 0 Å². The van der Waals surface area contributed by atoms with E-state index < -0.39 is 22.2 Å². The van der Waals surface area contributed by atoms with Crippen molar-refractivity contribution in [3.8, 4) is 6.07 Å². The first-order valence-corrected chi connectivity index (χ1v) is 8.19. The maximum atomic E-state index is 12.6. The van der Waals surface area contributed by atoms with Crippen molar-refractivity contribution < 1.29 is 18.6 Å². The van der Waals surface area contributed by atoms with Gasteiger partial charge in [-0.1, -0.05) is 11.6 Å². The number of rotatable bonds is 1. The summed E-state index contributed by atoms with van der Waals surface area (Å²) in [6.45, 7) is 1.48. The van der Waals surface area contributed by atoms with Crippen LogP contribution < -0.4 is 4.31 Å². The fraction of sp³-hybridized carbons (Fsp3) is 0.308. The number of benzene rings is 1. The maximum absolute atomic E-state index is 12.6. The summed E-state index contributed by atoms with van der Waals surface area (Å²) in [5, 5.41) is 28.9. The monoisotopic (exact) mass is 341 g/mol. The van der Waals surface area contributed by atoms with Crippen LogP contribution in [-0.4, -0.2) is 35.6 Å². The van der Waals surface area contributed by atoms with E-state index in [0.29, 0.717) is 5.56 Å². The predicted molar refractivity (Wildman–Crippen MR) is 79.3 cm³/mol. The van der Waals surface area contributed by atoms with Gasteiger partial charge in [0.25, 0.3) is 0 Å². The molecule has 0 spiro atoms. The molecule has 22 heavy (non-hydrogen) atoms. The molecule has 0 bridgehead atoms. The van der Waals surface area contributed by atoms with E-state index in [0.717, 1.165) is 8.61 Å². The number of hydrogen-bond acceptors (Lipinski definition) is 5. The fourth-order valence-electron chi connectivity index (χ4n) is 2.67. The van der Waals surface area contributed by atoms with Crippen LogP contribution in [0.3, 0.4) is 0 Å². The molecule has 1 aromatic rings. The standard InChI is InChI=1S/C13H12ClN3O4S/c1-7-10(3-2-8(5-15)12(7)14)17-13(19)11-4-9(18)6-16(11)22(17,20)21/h2-3,9,18-19H,4,6H2,1H3/t9-/m0/s1. The highest BCUT2D eigenvalue weighted by Crippen LogP contribution is 2.42. The Balaban J connectivity index is 2.18. The molecule has 0 aromatic heterocycles. The van der Waals surface area contributed by atoms with Crippen molar-refractivity contribution in [2.75, 3.05) is 10.8 Å². The second kappa shape index (κ2) is 4.78. The first-order valence-electron chi connectivity index (χ1n) is 6.41. The highest BCUT2D eigenvalue weighted by molar-refractivity contribution is 7.91. The molecule has 1 atom stereocenters. The third-order valence-electron chi connectivity index (χ3n) is 3.76.